The molecule has 106 valence electrons. The van der Waals surface area contributed by atoms with Crippen LogP contribution in [0.3, 0.4) is 0 Å². The number of aromatic nitrogens is 1. The van der Waals surface area contributed by atoms with Crippen molar-refractivity contribution in [3.63, 3.8) is 0 Å². The molecule has 5 nitrogen and oxygen atoms in total. The molecule has 1 aliphatic heterocycles. The normalized spacial score (nSPS) is 15.7. The highest BCUT2D eigenvalue weighted by atomic mass is 16.5. The Morgan fingerprint density at radius 1 is 1.30 bits per heavy atom. The average molecular weight is 273 g/mol. The number of ether oxygens (including phenoxy) is 1. The smallest absolute Gasteiger partial charge is 0.222 e. The van der Waals surface area contributed by atoms with Crippen LogP contribution >= 0.6 is 0 Å². The van der Waals surface area contributed by atoms with Crippen LogP contribution in [0.1, 0.15) is 18.4 Å². The van der Waals surface area contributed by atoms with Crippen LogP contribution in [0.15, 0.2) is 28.8 Å². The van der Waals surface area contributed by atoms with Gasteiger partial charge in [-0.05, 0) is 44.1 Å². The monoisotopic (exact) mass is 273 g/mol. The Morgan fingerprint density at radius 2 is 2.10 bits per heavy atom. The Balaban J connectivity index is 1.89. The minimum Gasteiger partial charge on any atom is -0.496 e. The van der Waals surface area contributed by atoms with Crippen LogP contribution in [0.5, 0.6) is 5.75 Å². The fourth-order valence-corrected chi connectivity index (χ4v) is 2.67. The summed E-state index contributed by atoms with van der Waals surface area (Å²) in [5.74, 6) is 1.24. The number of benzene rings is 1. The summed E-state index contributed by atoms with van der Waals surface area (Å²) < 4.78 is 10.4. The number of anilines is 1. The molecular weight excluding hydrogens is 254 g/mol. The summed E-state index contributed by atoms with van der Waals surface area (Å²) in [7, 11) is 1.70. The molecule has 1 aliphatic rings. The molecule has 0 atom stereocenters. The number of likely N-dealkylation sites (tertiary alicyclic amines) is 1. The molecule has 20 heavy (non-hydrogen) atoms. The Morgan fingerprint density at radius 3 is 2.75 bits per heavy atom. The molecule has 0 saturated carbocycles. The number of nitrogens with two attached hydrogens (primary N) is 1. The van der Waals surface area contributed by atoms with Crippen molar-refractivity contribution in [1.29, 1.82) is 0 Å². The van der Waals surface area contributed by atoms with E-state index in [1.807, 2.05) is 12.1 Å². The summed E-state index contributed by atoms with van der Waals surface area (Å²) in [4.78, 5) is 2.44. The van der Waals surface area contributed by atoms with Gasteiger partial charge in [-0.1, -0.05) is 5.16 Å². The lowest BCUT2D eigenvalue weighted by molar-refractivity contribution is 0.321. The van der Waals surface area contributed by atoms with Gasteiger partial charge in [-0.15, -0.1) is 0 Å². The number of hydrogen-bond acceptors (Lipinski definition) is 5. The first-order valence-corrected chi connectivity index (χ1v) is 6.88. The fraction of sp³-hybridized carbons (Fsp3) is 0.400. The average Bonchev–Trinajstić information content (AvgIpc) is 3.10. The van der Waals surface area contributed by atoms with Gasteiger partial charge in [0.25, 0.3) is 0 Å². The van der Waals surface area contributed by atoms with Crippen LogP contribution in [0.25, 0.3) is 11.3 Å². The molecule has 0 aliphatic carbocycles. The van der Waals surface area contributed by atoms with Gasteiger partial charge in [-0.3, -0.25) is 4.90 Å². The number of hydrogen-bond donors (Lipinski definition) is 1. The van der Waals surface area contributed by atoms with E-state index in [2.05, 4.69) is 16.1 Å². The molecule has 0 spiro atoms. The summed E-state index contributed by atoms with van der Waals surface area (Å²) in [5.41, 5.74) is 8.51. The predicted molar refractivity (Wildman–Crippen MR) is 77.4 cm³/mol. The summed E-state index contributed by atoms with van der Waals surface area (Å²) >= 11 is 0. The van der Waals surface area contributed by atoms with Crippen molar-refractivity contribution >= 4 is 5.88 Å². The standard InChI is InChI=1S/C15H19N3O2/c1-19-14-5-4-11(13-9-15(16)20-17-13)8-12(14)10-18-6-2-3-7-18/h4-5,8-9H,2-3,6-7,10,16H2,1H3. The molecule has 1 aromatic carbocycles. The topological polar surface area (TPSA) is 64.5 Å². The second-order valence-electron chi connectivity index (χ2n) is 5.12. The lowest BCUT2D eigenvalue weighted by Crippen LogP contribution is -2.18. The third-order valence-corrected chi connectivity index (χ3v) is 3.70. The zero-order valence-electron chi connectivity index (χ0n) is 11.6. The first kappa shape index (κ1) is 13.0. The van der Waals surface area contributed by atoms with Gasteiger partial charge in [0.05, 0.1) is 7.11 Å². The minimum atomic E-state index is 0.330. The zero-order chi connectivity index (χ0) is 13.9. The fourth-order valence-electron chi connectivity index (χ4n) is 2.67. The van der Waals surface area contributed by atoms with E-state index in [9.17, 15) is 0 Å². The molecule has 2 aromatic rings. The van der Waals surface area contributed by atoms with E-state index in [1.54, 1.807) is 13.2 Å². The van der Waals surface area contributed by atoms with E-state index in [1.165, 1.54) is 18.4 Å². The second-order valence-corrected chi connectivity index (χ2v) is 5.12. The molecule has 3 rings (SSSR count). The second kappa shape index (κ2) is 5.54. The van der Waals surface area contributed by atoms with Gasteiger partial charge in [-0.25, -0.2) is 0 Å². The van der Waals surface area contributed by atoms with Crippen molar-refractivity contribution in [1.82, 2.24) is 10.1 Å². The largest absolute Gasteiger partial charge is 0.496 e. The molecule has 0 bridgehead atoms. The first-order chi connectivity index (χ1) is 9.76. The van der Waals surface area contributed by atoms with Crippen LogP contribution in [0.4, 0.5) is 5.88 Å². The highest BCUT2D eigenvalue weighted by Gasteiger charge is 2.15. The quantitative estimate of drug-likeness (QED) is 0.927. The number of methoxy groups -OCH3 is 1. The Hall–Kier alpha value is -2.01. The van der Waals surface area contributed by atoms with Gasteiger partial charge in [0, 0.05) is 23.7 Å². The lowest BCUT2D eigenvalue weighted by atomic mass is 10.1. The molecule has 2 heterocycles. The molecule has 5 heteroatoms. The summed E-state index contributed by atoms with van der Waals surface area (Å²) in [6.07, 6.45) is 2.56. The summed E-state index contributed by atoms with van der Waals surface area (Å²) in [5, 5.41) is 3.96. The van der Waals surface area contributed by atoms with Crippen molar-refractivity contribution in [2.24, 2.45) is 0 Å². The highest BCUT2D eigenvalue weighted by molar-refractivity contribution is 5.63. The van der Waals surface area contributed by atoms with Crippen LogP contribution in [-0.2, 0) is 6.54 Å². The third kappa shape index (κ3) is 2.63. The van der Waals surface area contributed by atoms with Crippen molar-refractivity contribution in [3.05, 3.63) is 29.8 Å². The Labute approximate surface area is 118 Å². The van der Waals surface area contributed by atoms with Gasteiger partial charge < -0.3 is 15.0 Å². The molecule has 2 N–H and O–H groups in total. The number of nitrogens with zero attached hydrogens (tertiary/aromatic N) is 2. The number of nitrogen functional groups attached to an aromatic ring is 1. The Kier molecular flexibility index (Phi) is 3.60. The van der Waals surface area contributed by atoms with Crippen LogP contribution in [0, 0.1) is 0 Å². The van der Waals surface area contributed by atoms with E-state index in [0.29, 0.717) is 5.88 Å². The van der Waals surface area contributed by atoms with Crippen LogP contribution in [0.2, 0.25) is 0 Å². The van der Waals surface area contributed by atoms with Gasteiger partial charge >= 0.3 is 0 Å². The zero-order valence-corrected chi connectivity index (χ0v) is 11.6. The van der Waals surface area contributed by atoms with Crippen molar-refractivity contribution in [3.8, 4) is 17.0 Å². The molecule has 1 saturated heterocycles. The van der Waals surface area contributed by atoms with Crippen molar-refractivity contribution in [2.45, 2.75) is 19.4 Å². The van der Waals surface area contributed by atoms with Crippen molar-refractivity contribution in [2.75, 3.05) is 25.9 Å². The predicted octanol–water partition coefficient (Wildman–Crippen LogP) is 2.53. The van der Waals surface area contributed by atoms with Gasteiger partial charge in [0.2, 0.25) is 5.88 Å². The maximum atomic E-state index is 5.58. The van der Waals surface area contributed by atoms with Crippen molar-refractivity contribution < 1.29 is 9.26 Å². The van der Waals surface area contributed by atoms with E-state index in [-0.39, 0.29) is 0 Å². The molecule has 1 aromatic heterocycles. The van der Waals surface area contributed by atoms with E-state index >= 15 is 0 Å². The first-order valence-electron chi connectivity index (χ1n) is 6.88. The van der Waals surface area contributed by atoms with Gasteiger partial charge in [0.1, 0.15) is 11.4 Å². The van der Waals surface area contributed by atoms with E-state index in [0.717, 1.165) is 36.6 Å². The van der Waals surface area contributed by atoms with Gasteiger partial charge in [0.15, 0.2) is 0 Å². The van der Waals surface area contributed by atoms with E-state index < -0.39 is 0 Å². The molecule has 1 fully saturated rings. The maximum Gasteiger partial charge on any atom is 0.222 e. The SMILES string of the molecule is COc1ccc(-c2cc(N)on2)cc1CN1CCCC1. The van der Waals surface area contributed by atoms with Gasteiger partial charge in [-0.2, -0.15) is 0 Å². The molecule has 0 radical (unpaired) electrons. The molecule has 0 unspecified atom stereocenters. The summed E-state index contributed by atoms with van der Waals surface area (Å²) in [6.45, 7) is 3.22. The molecular formula is C15H19N3O2. The number of rotatable bonds is 4. The maximum absolute atomic E-state index is 5.58. The van der Waals surface area contributed by atoms with Crippen LogP contribution < -0.4 is 10.5 Å². The molecule has 0 amide bonds. The van der Waals surface area contributed by atoms with E-state index in [4.69, 9.17) is 15.0 Å². The third-order valence-electron chi connectivity index (χ3n) is 3.70. The lowest BCUT2D eigenvalue weighted by Gasteiger charge is -2.17. The highest BCUT2D eigenvalue weighted by Crippen LogP contribution is 2.28. The van der Waals surface area contributed by atoms with Crippen LogP contribution in [-0.4, -0.2) is 30.3 Å². The minimum absolute atomic E-state index is 0.330. The Bertz CT molecular complexity index is 589. The summed E-state index contributed by atoms with van der Waals surface area (Å²) in [6, 6.07) is 7.80.